The number of carbonyl (C=O) groups excluding carboxylic acids is 1. The first kappa shape index (κ1) is 22.3. The summed E-state index contributed by atoms with van der Waals surface area (Å²) in [6, 6.07) is 23.5. The van der Waals surface area contributed by atoms with Crippen molar-refractivity contribution in [2.75, 3.05) is 29.4 Å². The van der Waals surface area contributed by atoms with E-state index in [0.29, 0.717) is 25.2 Å². The molecule has 5 rings (SSSR count). The molecular formula is C27H26F3N3O. The van der Waals surface area contributed by atoms with E-state index < -0.39 is 17.7 Å². The third kappa shape index (κ3) is 4.47. The van der Waals surface area contributed by atoms with Crippen LogP contribution in [0.15, 0.2) is 78.9 Å². The Hall–Kier alpha value is -3.48. The molecule has 4 nitrogen and oxygen atoms in total. The van der Waals surface area contributed by atoms with Gasteiger partial charge < -0.3 is 15.1 Å². The number of halogens is 3. The zero-order chi connectivity index (χ0) is 23.7. The van der Waals surface area contributed by atoms with Gasteiger partial charge in [0.25, 0.3) is 0 Å². The largest absolute Gasteiger partial charge is 0.416 e. The molecule has 0 unspecified atom stereocenters. The Kier molecular flexibility index (Phi) is 5.94. The van der Waals surface area contributed by atoms with Crippen molar-refractivity contribution >= 4 is 17.3 Å². The number of rotatable bonds is 4. The second kappa shape index (κ2) is 9.05. The smallest absolute Gasteiger partial charge is 0.368 e. The number of hydrogen-bond acceptors (Lipinski definition) is 3. The van der Waals surface area contributed by atoms with Gasteiger partial charge in [0, 0.05) is 37.6 Å². The van der Waals surface area contributed by atoms with Gasteiger partial charge >= 0.3 is 6.18 Å². The van der Waals surface area contributed by atoms with Crippen molar-refractivity contribution in [3.8, 4) is 0 Å². The summed E-state index contributed by atoms with van der Waals surface area (Å²) < 4.78 is 40.2. The van der Waals surface area contributed by atoms with Crippen molar-refractivity contribution in [1.82, 2.24) is 5.32 Å². The van der Waals surface area contributed by atoms with Crippen LogP contribution in [0.3, 0.4) is 0 Å². The van der Waals surface area contributed by atoms with E-state index in [9.17, 15) is 18.0 Å². The zero-order valence-electron chi connectivity index (χ0n) is 18.6. The molecule has 176 valence electrons. The SMILES string of the molecule is O=C(NCc1ccccc1)[C@@H]1Cc2cc(C(F)(F)F)ccc2N2CCN(c3ccccc3)C[C@@H]12. The standard InChI is InChI=1S/C27H26F3N3O/c28-27(29,30)21-11-12-24-20(15-21)16-23(26(34)31-17-19-7-3-1-4-8-19)25-18-32(13-14-33(24)25)22-9-5-2-6-10-22/h1-12,15,23,25H,13-14,16-18H2,(H,31,34)/t23-,25+/m1/s1. The lowest BCUT2D eigenvalue weighted by Gasteiger charge is -2.49. The van der Waals surface area contributed by atoms with E-state index in [1.165, 1.54) is 6.07 Å². The monoisotopic (exact) mass is 465 g/mol. The quantitative estimate of drug-likeness (QED) is 0.596. The van der Waals surface area contributed by atoms with Gasteiger partial charge in [-0.15, -0.1) is 0 Å². The van der Waals surface area contributed by atoms with Gasteiger partial charge in [0.1, 0.15) is 0 Å². The van der Waals surface area contributed by atoms with Crippen molar-refractivity contribution in [3.05, 3.63) is 95.6 Å². The van der Waals surface area contributed by atoms with Gasteiger partial charge in [-0.2, -0.15) is 13.2 Å². The Morgan fingerprint density at radius 1 is 0.941 bits per heavy atom. The summed E-state index contributed by atoms with van der Waals surface area (Å²) in [4.78, 5) is 17.8. The van der Waals surface area contributed by atoms with Crippen molar-refractivity contribution in [3.63, 3.8) is 0 Å². The second-order valence-corrected chi connectivity index (χ2v) is 8.90. The molecule has 2 heterocycles. The van der Waals surface area contributed by atoms with E-state index in [0.717, 1.165) is 29.5 Å². The molecule has 1 fully saturated rings. The highest BCUT2D eigenvalue weighted by atomic mass is 19.4. The molecule has 3 aromatic carbocycles. The van der Waals surface area contributed by atoms with Crippen LogP contribution < -0.4 is 15.1 Å². The van der Waals surface area contributed by atoms with Crippen LogP contribution in [0.25, 0.3) is 0 Å². The fourth-order valence-electron chi connectivity index (χ4n) is 5.09. The number of fused-ring (bicyclic) bond motifs is 3. The maximum Gasteiger partial charge on any atom is 0.416 e. The van der Waals surface area contributed by atoms with Crippen molar-refractivity contribution in [2.45, 2.75) is 25.2 Å². The minimum absolute atomic E-state index is 0.128. The Bertz CT molecular complexity index is 1150. The van der Waals surface area contributed by atoms with Crippen LogP contribution in [0.1, 0.15) is 16.7 Å². The first-order valence-corrected chi connectivity index (χ1v) is 11.5. The second-order valence-electron chi connectivity index (χ2n) is 8.90. The average molecular weight is 466 g/mol. The summed E-state index contributed by atoms with van der Waals surface area (Å²) in [6.07, 6.45) is -4.13. The Balaban J connectivity index is 1.44. The number of nitrogens with one attached hydrogen (secondary N) is 1. The number of alkyl halides is 3. The molecule has 0 aliphatic carbocycles. The third-order valence-electron chi connectivity index (χ3n) is 6.81. The number of amides is 1. The van der Waals surface area contributed by atoms with E-state index in [1.807, 2.05) is 60.7 Å². The summed E-state index contributed by atoms with van der Waals surface area (Å²) in [6.45, 7) is 2.40. The number of para-hydroxylation sites is 1. The highest BCUT2D eigenvalue weighted by molar-refractivity contribution is 5.82. The summed E-state index contributed by atoms with van der Waals surface area (Å²) >= 11 is 0. The van der Waals surface area contributed by atoms with E-state index >= 15 is 0 Å². The highest BCUT2D eigenvalue weighted by Gasteiger charge is 2.42. The molecule has 2 aliphatic heterocycles. The zero-order valence-corrected chi connectivity index (χ0v) is 18.6. The van der Waals surface area contributed by atoms with E-state index in [1.54, 1.807) is 6.07 Å². The van der Waals surface area contributed by atoms with Gasteiger partial charge in [0.15, 0.2) is 0 Å². The molecule has 0 spiro atoms. The molecule has 7 heteroatoms. The number of carbonyl (C=O) groups is 1. The molecule has 1 amide bonds. The topological polar surface area (TPSA) is 35.6 Å². The Morgan fingerprint density at radius 3 is 2.35 bits per heavy atom. The molecule has 2 atom stereocenters. The first-order valence-electron chi connectivity index (χ1n) is 11.5. The summed E-state index contributed by atoms with van der Waals surface area (Å²) in [7, 11) is 0. The van der Waals surface area contributed by atoms with Crippen LogP contribution >= 0.6 is 0 Å². The van der Waals surface area contributed by atoms with Crippen LogP contribution in [0.2, 0.25) is 0 Å². The van der Waals surface area contributed by atoms with Gasteiger partial charge in [0.05, 0.1) is 17.5 Å². The molecule has 0 bridgehead atoms. The normalized spacial score (nSPS) is 19.9. The van der Waals surface area contributed by atoms with E-state index in [-0.39, 0.29) is 18.4 Å². The first-order chi connectivity index (χ1) is 16.4. The molecule has 2 aliphatic rings. The number of anilines is 2. The lowest BCUT2D eigenvalue weighted by molar-refractivity contribution is -0.137. The number of benzene rings is 3. The highest BCUT2D eigenvalue weighted by Crippen LogP contribution is 2.40. The van der Waals surface area contributed by atoms with Gasteiger partial charge in [-0.05, 0) is 47.9 Å². The Morgan fingerprint density at radius 2 is 1.65 bits per heavy atom. The lowest BCUT2D eigenvalue weighted by atomic mass is 9.82. The van der Waals surface area contributed by atoms with Crippen LogP contribution in [-0.4, -0.2) is 31.6 Å². The van der Waals surface area contributed by atoms with Crippen molar-refractivity contribution in [2.24, 2.45) is 5.92 Å². The number of piperazine rings is 1. The minimum atomic E-state index is -4.41. The van der Waals surface area contributed by atoms with E-state index in [2.05, 4.69) is 15.1 Å². The fraction of sp³-hybridized carbons (Fsp3) is 0.296. The van der Waals surface area contributed by atoms with Crippen LogP contribution in [0, 0.1) is 5.92 Å². The molecule has 1 N–H and O–H groups in total. The van der Waals surface area contributed by atoms with Gasteiger partial charge in [-0.25, -0.2) is 0 Å². The van der Waals surface area contributed by atoms with Crippen molar-refractivity contribution < 1.29 is 18.0 Å². The van der Waals surface area contributed by atoms with Crippen LogP contribution in [-0.2, 0) is 23.9 Å². The summed E-state index contributed by atoms with van der Waals surface area (Å²) in [5.41, 5.74) is 2.79. The molecular weight excluding hydrogens is 439 g/mol. The Labute approximate surface area is 197 Å². The average Bonchev–Trinajstić information content (AvgIpc) is 2.86. The maximum absolute atomic E-state index is 13.4. The molecule has 0 aromatic heterocycles. The van der Waals surface area contributed by atoms with Gasteiger partial charge in [-0.1, -0.05) is 48.5 Å². The molecule has 1 saturated heterocycles. The molecule has 3 aromatic rings. The molecule has 0 saturated carbocycles. The predicted molar refractivity (Wildman–Crippen MR) is 127 cm³/mol. The lowest BCUT2D eigenvalue weighted by Crippen LogP contribution is -2.61. The summed E-state index contributed by atoms with van der Waals surface area (Å²) in [5.74, 6) is -0.581. The van der Waals surface area contributed by atoms with Gasteiger partial charge in [-0.3, -0.25) is 4.79 Å². The molecule has 0 radical (unpaired) electrons. The van der Waals surface area contributed by atoms with Crippen LogP contribution in [0.5, 0.6) is 0 Å². The number of nitrogens with zero attached hydrogens (tertiary/aromatic N) is 2. The molecule has 34 heavy (non-hydrogen) atoms. The third-order valence-corrected chi connectivity index (χ3v) is 6.81. The van der Waals surface area contributed by atoms with Gasteiger partial charge in [0.2, 0.25) is 5.91 Å². The van der Waals surface area contributed by atoms with Crippen LogP contribution in [0.4, 0.5) is 24.5 Å². The van der Waals surface area contributed by atoms with E-state index in [4.69, 9.17) is 0 Å². The summed E-state index contributed by atoms with van der Waals surface area (Å²) in [5, 5.41) is 3.03. The minimum Gasteiger partial charge on any atom is -0.368 e. The number of hydrogen-bond donors (Lipinski definition) is 1. The van der Waals surface area contributed by atoms with Crippen molar-refractivity contribution in [1.29, 1.82) is 0 Å². The predicted octanol–water partition coefficient (Wildman–Crippen LogP) is 4.89. The fourth-order valence-corrected chi connectivity index (χ4v) is 5.09. The maximum atomic E-state index is 13.4.